The van der Waals surface area contributed by atoms with Gasteiger partial charge in [-0.1, -0.05) is 85.3 Å². The molecule has 254 valence electrons. The van der Waals surface area contributed by atoms with Crippen molar-refractivity contribution in [2.45, 2.75) is 56.4 Å². The summed E-state index contributed by atoms with van der Waals surface area (Å²) in [6, 6.07) is 21.7. The van der Waals surface area contributed by atoms with Crippen molar-refractivity contribution in [3.63, 3.8) is 0 Å². The average molecular weight is 704 g/mol. The van der Waals surface area contributed by atoms with Crippen molar-refractivity contribution in [3.8, 4) is 0 Å². The van der Waals surface area contributed by atoms with Gasteiger partial charge in [-0.05, 0) is 55.3 Å². The molecular formula is C35H34ClF4N3O4S. The van der Waals surface area contributed by atoms with E-state index >= 15 is 4.39 Å². The third kappa shape index (κ3) is 8.93. The van der Waals surface area contributed by atoms with Crippen LogP contribution >= 0.6 is 11.6 Å². The number of nitrogens with zero attached hydrogens (tertiary/aromatic N) is 2. The van der Waals surface area contributed by atoms with Crippen LogP contribution in [0.1, 0.15) is 37.0 Å². The summed E-state index contributed by atoms with van der Waals surface area (Å²) in [4.78, 5) is 29.0. The monoisotopic (exact) mass is 703 g/mol. The predicted octanol–water partition coefficient (Wildman–Crippen LogP) is 7.25. The molecule has 4 aromatic carbocycles. The Morgan fingerprint density at radius 3 is 2.10 bits per heavy atom. The topological polar surface area (TPSA) is 86.8 Å². The van der Waals surface area contributed by atoms with Gasteiger partial charge in [-0.2, -0.15) is 13.2 Å². The van der Waals surface area contributed by atoms with Crippen LogP contribution in [0.15, 0.2) is 108 Å². The van der Waals surface area contributed by atoms with Crippen molar-refractivity contribution >= 4 is 39.1 Å². The fraction of sp³-hybridized carbons (Fsp3) is 0.257. The predicted molar refractivity (Wildman–Crippen MR) is 176 cm³/mol. The lowest BCUT2D eigenvalue weighted by atomic mass is 10.0. The molecule has 0 heterocycles. The highest BCUT2D eigenvalue weighted by Gasteiger charge is 2.37. The zero-order valence-corrected chi connectivity index (χ0v) is 27.7. The Hall–Kier alpha value is -4.42. The Morgan fingerprint density at radius 2 is 1.50 bits per heavy atom. The van der Waals surface area contributed by atoms with E-state index in [1.54, 1.807) is 49.4 Å². The molecule has 0 unspecified atom stereocenters. The molecule has 0 bridgehead atoms. The van der Waals surface area contributed by atoms with Gasteiger partial charge in [-0.25, -0.2) is 12.8 Å². The van der Waals surface area contributed by atoms with Crippen LogP contribution in [0.2, 0.25) is 5.02 Å². The van der Waals surface area contributed by atoms with E-state index in [1.165, 1.54) is 42.5 Å². The lowest BCUT2D eigenvalue weighted by Gasteiger charge is -2.34. The number of nitrogens with one attached hydrogen (secondary N) is 1. The molecule has 0 saturated heterocycles. The van der Waals surface area contributed by atoms with Crippen LogP contribution in [-0.4, -0.2) is 43.8 Å². The van der Waals surface area contributed by atoms with E-state index in [-0.39, 0.29) is 27.9 Å². The third-order valence-electron chi connectivity index (χ3n) is 7.72. The molecule has 48 heavy (non-hydrogen) atoms. The second-order valence-electron chi connectivity index (χ2n) is 11.1. The molecule has 0 aliphatic heterocycles. The smallest absolute Gasteiger partial charge is 0.352 e. The van der Waals surface area contributed by atoms with Crippen molar-refractivity contribution in [2.24, 2.45) is 0 Å². The molecule has 0 spiro atoms. The molecule has 13 heteroatoms. The molecule has 0 aliphatic rings. The second-order valence-corrected chi connectivity index (χ2v) is 13.4. The lowest BCUT2D eigenvalue weighted by Crippen LogP contribution is -2.54. The van der Waals surface area contributed by atoms with Crippen molar-refractivity contribution < 1.29 is 35.6 Å². The van der Waals surface area contributed by atoms with Crippen molar-refractivity contribution in [1.29, 1.82) is 0 Å². The van der Waals surface area contributed by atoms with E-state index in [0.717, 1.165) is 11.0 Å². The highest BCUT2D eigenvalue weighted by atomic mass is 35.5. The third-order valence-corrected chi connectivity index (χ3v) is 9.82. The Bertz CT molecular complexity index is 1830. The number of alkyl halides is 3. The Balaban J connectivity index is 1.88. The van der Waals surface area contributed by atoms with E-state index in [0.29, 0.717) is 28.4 Å². The molecule has 7 nitrogen and oxygen atoms in total. The van der Waals surface area contributed by atoms with Crippen LogP contribution in [0, 0.1) is 5.82 Å². The minimum Gasteiger partial charge on any atom is -0.352 e. The maximum absolute atomic E-state index is 15.0. The first kappa shape index (κ1) is 36.4. The minimum absolute atomic E-state index is 0.0287. The average Bonchev–Trinajstić information content (AvgIpc) is 3.06. The van der Waals surface area contributed by atoms with Gasteiger partial charge in [0.25, 0.3) is 10.0 Å². The molecule has 0 fully saturated rings. The molecule has 4 rings (SSSR count). The van der Waals surface area contributed by atoms with E-state index in [9.17, 15) is 31.2 Å². The number of anilines is 1. The summed E-state index contributed by atoms with van der Waals surface area (Å²) in [7, 11) is -4.72. The van der Waals surface area contributed by atoms with Crippen molar-refractivity contribution in [1.82, 2.24) is 10.2 Å². The molecule has 0 aromatic heterocycles. The van der Waals surface area contributed by atoms with Crippen LogP contribution in [0.4, 0.5) is 23.2 Å². The first-order valence-electron chi connectivity index (χ1n) is 15.0. The Morgan fingerprint density at radius 1 is 0.896 bits per heavy atom. The molecule has 2 atom stereocenters. The van der Waals surface area contributed by atoms with Gasteiger partial charge in [0, 0.05) is 24.6 Å². The summed E-state index contributed by atoms with van der Waals surface area (Å²) in [5.41, 5.74) is -1.10. The number of rotatable bonds is 13. The van der Waals surface area contributed by atoms with Crippen molar-refractivity contribution in [3.05, 3.63) is 131 Å². The number of carbonyl (C=O) groups is 2. The fourth-order valence-corrected chi connectivity index (χ4v) is 6.63. The number of hydrogen-bond donors (Lipinski definition) is 1. The largest absolute Gasteiger partial charge is 0.416 e. The molecule has 0 aliphatic carbocycles. The van der Waals surface area contributed by atoms with Gasteiger partial charge in [-0.15, -0.1) is 0 Å². The van der Waals surface area contributed by atoms with Gasteiger partial charge in [0.2, 0.25) is 11.8 Å². The second kappa shape index (κ2) is 15.7. The standard InChI is InChI=1S/C35H34ClF4N3O4S/c1-3-24(2)41-34(45)32(20-25-12-6-4-7-13-25)42(22-26-14-10-11-17-30(26)37)33(44)23-43(48(46,47)28-15-8-5-9-16-28)31-21-27(35(38,39)40)18-19-29(31)36/h4-19,21,24,32H,3,20,22-23H2,1-2H3,(H,41,45)/t24-,32+/m1/s1. The van der Waals surface area contributed by atoms with E-state index in [1.807, 2.05) is 6.92 Å². The van der Waals surface area contributed by atoms with Gasteiger partial charge < -0.3 is 10.2 Å². The first-order valence-corrected chi connectivity index (χ1v) is 16.9. The first-order chi connectivity index (χ1) is 22.7. The van der Waals surface area contributed by atoms with Crippen LogP contribution < -0.4 is 9.62 Å². The molecule has 0 saturated carbocycles. The molecular weight excluding hydrogens is 670 g/mol. The summed E-state index contributed by atoms with van der Waals surface area (Å²) in [5, 5.41) is 2.49. The highest BCUT2D eigenvalue weighted by molar-refractivity contribution is 7.92. The quantitative estimate of drug-likeness (QED) is 0.149. The van der Waals surface area contributed by atoms with Gasteiger partial charge in [-0.3, -0.25) is 13.9 Å². The summed E-state index contributed by atoms with van der Waals surface area (Å²) in [6.45, 7) is 2.11. The van der Waals surface area contributed by atoms with Gasteiger partial charge in [0.05, 0.1) is 21.2 Å². The zero-order valence-electron chi connectivity index (χ0n) is 26.1. The van der Waals surface area contributed by atoms with Crippen LogP contribution in [0.5, 0.6) is 0 Å². The summed E-state index contributed by atoms with van der Waals surface area (Å²) < 4.78 is 85.1. The van der Waals surface area contributed by atoms with Gasteiger partial charge in [0.1, 0.15) is 18.4 Å². The van der Waals surface area contributed by atoms with E-state index in [2.05, 4.69) is 5.32 Å². The number of benzene rings is 4. The number of carbonyl (C=O) groups excluding carboxylic acids is 2. The molecule has 4 aromatic rings. The normalized spacial score (nSPS) is 13.0. The zero-order chi connectivity index (χ0) is 35.1. The van der Waals surface area contributed by atoms with Gasteiger partial charge >= 0.3 is 6.18 Å². The summed E-state index contributed by atoms with van der Waals surface area (Å²) in [5.74, 6) is -2.23. The molecule has 0 radical (unpaired) electrons. The number of amides is 2. The van der Waals surface area contributed by atoms with E-state index < -0.39 is 64.2 Å². The van der Waals surface area contributed by atoms with Crippen LogP contribution in [0.3, 0.4) is 0 Å². The molecule has 2 amide bonds. The number of hydrogen-bond acceptors (Lipinski definition) is 4. The maximum Gasteiger partial charge on any atom is 0.416 e. The van der Waals surface area contributed by atoms with Gasteiger partial charge in [0.15, 0.2) is 0 Å². The number of halogens is 5. The lowest BCUT2D eigenvalue weighted by molar-refractivity contribution is -0.140. The maximum atomic E-state index is 15.0. The summed E-state index contributed by atoms with van der Waals surface area (Å²) in [6.07, 6.45) is -4.33. The molecule has 1 N–H and O–H groups in total. The fourth-order valence-electron chi connectivity index (χ4n) is 4.92. The Labute approximate surface area is 282 Å². The SMILES string of the molecule is CC[C@@H](C)NC(=O)[C@H](Cc1ccccc1)N(Cc1ccccc1F)C(=O)CN(c1cc(C(F)(F)F)ccc1Cl)S(=O)(=O)c1ccccc1. The highest BCUT2D eigenvalue weighted by Crippen LogP contribution is 2.37. The summed E-state index contributed by atoms with van der Waals surface area (Å²) >= 11 is 6.33. The van der Waals surface area contributed by atoms with Crippen molar-refractivity contribution in [2.75, 3.05) is 10.8 Å². The van der Waals surface area contributed by atoms with E-state index in [4.69, 9.17) is 11.6 Å². The Kier molecular flexibility index (Phi) is 11.9. The number of sulfonamides is 1. The van der Waals surface area contributed by atoms with Crippen LogP contribution in [0.25, 0.3) is 0 Å². The van der Waals surface area contributed by atoms with Crippen LogP contribution in [-0.2, 0) is 38.8 Å². The minimum atomic E-state index is -4.86.